The molecule has 2 heterocycles. The van der Waals surface area contributed by atoms with Gasteiger partial charge in [-0.3, -0.25) is 9.59 Å². The third-order valence-electron chi connectivity index (χ3n) is 8.04. The molecule has 5 aromatic rings. The second-order valence-electron chi connectivity index (χ2n) is 11.2. The molecule has 0 bridgehead atoms. The molecule has 1 saturated heterocycles. The van der Waals surface area contributed by atoms with Gasteiger partial charge in [0.25, 0.3) is 0 Å². The van der Waals surface area contributed by atoms with E-state index in [2.05, 4.69) is 20.9 Å². The van der Waals surface area contributed by atoms with Crippen LogP contribution in [-0.4, -0.2) is 37.7 Å². The molecule has 0 saturated carbocycles. The molecule has 9 heteroatoms. The fraction of sp³-hybridized carbons (Fsp3) is 0.250. The first-order valence-corrected chi connectivity index (χ1v) is 15.0. The Bertz CT molecular complexity index is 1770. The standard InChI is InChI=1S/C36H35N3O6/c40-22-24-8-10-27(11-9-24)33-19-30(21-39-23-38-31-6-1-2-7-32(31)39)44-36(45-33)28-14-12-26(13-15-28)29-5-3-4-25(18-29)20-37-34(41)16-17-35(42)43/h1-15,18,23,30,33,36,40H,16-17,19-22H2,(H,37,41)(H,42,43)/t30-,33+,36+/m0/s1. The van der Waals surface area contributed by atoms with Crippen LogP contribution in [0.15, 0.2) is 103 Å². The number of hydrogen-bond donors (Lipinski definition) is 3. The number of hydrogen-bond acceptors (Lipinski definition) is 6. The largest absolute Gasteiger partial charge is 0.481 e. The van der Waals surface area contributed by atoms with Gasteiger partial charge in [-0.25, -0.2) is 4.98 Å². The quantitative estimate of drug-likeness (QED) is 0.171. The Morgan fingerprint density at radius 2 is 1.62 bits per heavy atom. The van der Waals surface area contributed by atoms with Crippen molar-refractivity contribution in [2.24, 2.45) is 0 Å². The van der Waals surface area contributed by atoms with Crippen molar-refractivity contribution in [3.8, 4) is 11.1 Å². The van der Waals surface area contributed by atoms with Gasteiger partial charge in [0.05, 0.1) is 49.1 Å². The van der Waals surface area contributed by atoms with Gasteiger partial charge >= 0.3 is 5.97 Å². The van der Waals surface area contributed by atoms with E-state index in [0.29, 0.717) is 19.5 Å². The van der Waals surface area contributed by atoms with E-state index in [9.17, 15) is 14.7 Å². The lowest BCUT2D eigenvalue weighted by molar-refractivity contribution is -0.252. The van der Waals surface area contributed by atoms with Crippen molar-refractivity contribution in [2.75, 3.05) is 0 Å². The summed E-state index contributed by atoms with van der Waals surface area (Å²) < 4.78 is 15.2. The molecule has 1 amide bonds. The van der Waals surface area contributed by atoms with E-state index in [1.165, 1.54) is 0 Å². The van der Waals surface area contributed by atoms with Crippen LogP contribution >= 0.6 is 0 Å². The average molecular weight is 606 g/mol. The van der Waals surface area contributed by atoms with Crippen molar-refractivity contribution in [3.05, 3.63) is 126 Å². The molecular weight excluding hydrogens is 570 g/mol. The number of benzene rings is 4. The van der Waals surface area contributed by atoms with Crippen LogP contribution in [-0.2, 0) is 38.8 Å². The maximum absolute atomic E-state index is 12.0. The summed E-state index contributed by atoms with van der Waals surface area (Å²) in [5.74, 6) is -1.28. The zero-order valence-corrected chi connectivity index (χ0v) is 24.7. The van der Waals surface area contributed by atoms with Gasteiger partial charge in [0.2, 0.25) is 5.91 Å². The van der Waals surface area contributed by atoms with Crippen molar-refractivity contribution in [1.29, 1.82) is 0 Å². The van der Waals surface area contributed by atoms with Gasteiger partial charge in [-0.2, -0.15) is 0 Å². The van der Waals surface area contributed by atoms with Crippen LogP contribution in [0.5, 0.6) is 0 Å². The average Bonchev–Trinajstić information content (AvgIpc) is 3.49. The Morgan fingerprint density at radius 3 is 2.40 bits per heavy atom. The van der Waals surface area contributed by atoms with Crippen molar-refractivity contribution < 1.29 is 29.3 Å². The Balaban J connectivity index is 1.19. The molecule has 4 aromatic carbocycles. The number of nitrogens with one attached hydrogen (secondary N) is 1. The van der Waals surface area contributed by atoms with Crippen LogP contribution in [0, 0.1) is 0 Å². The highest BCUT2D eigenvalue weighted by molar-refractivity contribution is 5.80. The smallest absolute Gasteiger partial charge is 0.303 e. The summed E-state index contributed by atoms with van der Waals surface area (Å²) >= 11 is 0. The molecule has 3 N–H and O–H groups in total. The minimum atomic E-state index is -0.991. The fourth-order valence-electron chi connectivity index (χ4n) is 5.61. The molecule has 0 radical (unpaired) electrons. The molecule has 1 aliphatic rings. The molecule has 1 fully saturated rings. The van der Waals surface area contributed by atoms with Gasteiger partial charge in [-0.1, -0.05) is 78.9 Å². The number of nitrogens with zero attached hydrogens (tertiary/aromatic N) is 2. The van der Waals surface area contributed by atoms with E-state index < -0.39 is 12.3 Å². The number of aromatic nitrogens is 2. The van der Waals surface area contributed by atoms with Gasteiger partial charge in [0, 0.05) is 24.9 Å². The molecule has 1 aromatic heterocycles. The van der Waals surface area contributed by atoms with Gasteiger partial charge in [0.15, 0.2) is 6.29 Å². The van der Waals surface area contributed by atoms with E-state index in [0.717, 1.165) is 44.4 Å². The molecule has 9 nitrogen and oxygen atoms in total. The number of imidazole rings is 1. The van der Waals surface area contributed by atoms with E-state index in [4.69, 9.17) is 14.6 Å². The second kappa shape index (κ2) is 13.9. The predicted molar refractivity (Wildman–Crippen MR) is 169 cm³/mol. The predicted octanol–water partition coefficient (Wildman–Crippen LogP) is 5.92. The number of amides is 1. The van der Waals surface area contributed by atoms with Gasteiger partial charge < -0.3 is 29.6 Å². The minimum absolute atomic E-state index is 0.00937. The number of carbonyl (C=O) groups excluding carboxylic acids is 1. The Hall–Kier alpha value is -4.83. The number of ether oxygens (including phenoxy) is 2. The van der Waals surface area contributed by atoms with E-state index in [1.807, 2.05) is 97.3 Å². The summed E-state index contributed by atoms with van der Waals surface area (Å²) in [6.07, 6.45) is 1.38. The van der Waals surface area contributed by atoms with Crippen LogP contribution in [0.25, 0.3) is 22.2 Å². The molecule has 45 heavy (non-hydrogen) atoms. The lowest BCUT2D eigenvalue weighted by atomic mass is 9.99. The van der Waals surface area contributed by atoms with Crippen molar-refractivity contribution >= 4 is 22.9 Å². The van der Waals surface area contributed by atoms with Gasteiger partial charge in [-0.05, 0) is 46.0 Å². The fourth-order valence-corrected chi connectivity index (χ4v) is 5.61. The van der Waals surface area contributed by atoms with Crippen molar-refractivity contribution in [3.63, 3.8) is 0 Å². The molecule has 0 spiro atoms. The lowest BCUT2D eigenvalue weighted by Gasteiger charge is -2.36. The highest BCUT2D eigenvalue weighted by Crippen LogP contribution is 2.39. The summed E-state index contributed by atoms with van der Waals surface area (Å²) in [6.45, 7) is 0.941. The van der Waals surface area contributed by atoms with E-state index in [1.54, 1.807) is 0 Å². The third-order valence-corrected chi connectivity index (χ3v) is 8.04. The lowest BCUT2D eigenvalue weighted by Crippen LogP contribution is -2.32. The first kappa shape index (κ1) is 30.2. The third kappa shape index (κ3) is 7.46. The topological polar surface area (TPSA) is 123 Å². The normalized spacial score (nSPS) is 18.1. The van der Waals surface area contributed by atoms with Crippen LogP contribution in [0.1, 0.15) is 53.9 Å². The number of rotatable bonds is 11. The molecule has 0 unspecified atom stereocenters. The number of aliphatic hydroxyl groups excluding tert-OH is 1. The van der Waals surface area contributed by atoms with Crippen molar-refractivity contribution in [1.82, 2.24) is 14.9 Å². The zero-order chi connectivity index (χ0) is 31.2. The summed E-state index contributed by atoms with van der Waals surface area (Å²) in [4.78, 5) is 27.2. The van der Waals surface area contributed by atoms with Crippen LogP contribution < -0.4 is 5.32 Å². The van der Waals surface area contributed by atoms with Crippen LogP contribution in [0.4, 0.5) is 0 Å². The number of aliphatic carboxylic acids is 1. The van der Waals surface area contributed by atoms with Gasteiger partial charge in [0.1, 0.15) is 0 Å². The zero-order valence-electron chi connectivity index (χ0n) is 24.7. The number of para-hydroxylation sites is 2. The van der Waals surface area contributed by atoms with E-state index >= 15 is 0 Å². The van der Waals surface area contributed by atoms with Crippen LogP contribution in [0.2, 0.25) is 0 Å². The molecule has 0 aliphatic carbocycles. The highest BCUT2D eigenvalue weighted by Gasteiger charge is 2.32. The highest BCUT2D eigenvalue weighted by atomic mass is 16.7. The Labute approximate surface area is 261 Å². The summed E-state index contributed by atoms with van der Waals surface area (Å²) in [7, 11) is 0. The summed E-state index contributed by atoms with van der Waals surface area (Å²) in [6, 6.07) is 31.9. The summed E-state index contributed by atoms with van der Waals surface area (Å²) in [5.41, 5.74) is 7.70. The number of fused-ring (bicyclic) bond motifs is 1. The number of carbonyl (C=O) groups is 2. The first-order chi connectivity index (χ1) is 21.9. The maximum atomic E-state index is 12.0. The van der Waals surface area contributed by atoms with Crippen LogP contribution in [0.3, 0.4) is 0 Å². The Morgan fingerprint density at radius 1 is 0.844 bits per heavy atom. The minimum Gasteiger partial charge on any atom is -0.481 e. The maximum Gasteiger partial charge on any atom is 0.303 e. The molecular formula is C36H35N3O6. The van der Waals surface area contributed by atoms with E-state index in [-0.39, 0.29) is 37.6 Å². The molecule has 3 atom stereocenters. The van der Waals surface area contributed by atoms with Gasteiger partial charge in [-0.15, -0.1) is 0 Å². The van der Waals surface area contributed by atoms with Crippen molar-refractivity contribution in [2.45, 2.75) is 57.5 Å². The molecule has 6 rings (SSSR count). The second-order valence-corrected chi connectivity index (χ2v) is 11.2. The summed E-state index contributed by atoms with van der Waals surface area (Å²) in [5, 5.41) is 21.1. The number of aliphatic hydroxyl groups is 1. The first-order valence-electron chi connectivity index (χ1n) is 15.0. The number of carboxylic acid groups (broad SMARTS) is 1. The molecule has 230 valence electrons. The SMILES string of the molecule is O=C(O)CCC(=O)NCc1cccc(-c2ccc([C@@H]3O[C@H](Cn4cnc5ccccc54)C[C@H](c4ccc(CO)cc4)O3)cc2)c1. The monoisotopic (exact) mass is 605 g/mol. The Kier molecular flexibility index (Phi) is 9.30. The molecule has 1 aliphatic heterocycles. The number of carboxylic acids is 1.